The van der Waals surface area contributed by atoms with Crippen molar-refractivity contribution in [3.8, 4) is 0 Å². The lowest BCUT2D eigenvalue weighted by molar-refractivity contribution is 0.0752. The van der Waals surface area contributed by atoms with Crippen molar-refractivity contribution < 1.29 is 13.2 Å². The molecule has 0 aliphatic carbocycles. The Morgan fingerprint density at radius 1 is 1.43 bits per heavy atom. The molecule has 0 radical (unpaired) electrons. The largest absolute Gasteiger partial charge is 0.398 e. The average molecular weight is 330 g/mol. The van der Waals surface area contributed by atoms with Gasteiger partial charge in [-0.05, 0) is 25.5 Å². The van der Waals surface area contributed by atoms with Gasteiger partial charge in [0.05, 0.1) is 11.9 Å². The van der Waals surface area contributed by atoms with E-state index in [2.05, 4.69) is 0 Å². The molecule has 1 saturated heterocycles. The number of thioether (sulfide) groups is 1. The van der Waals surface area contributed by atoms with Crippen LogP contribution in [0.5, 0.6) is 0 Å². The molecule has 1 unspecified atom stereocenters. The van der Waals surface area contributed by atoms with Crippen LogP contribution in [0.3, 0.4) is 0 Å². The van der Waals surface area contributed by atoms with E-state index in [0.717, 1.165) is 11.3 Å². The second kappa shape index (κ2) is 7.49. The molecule has 1 aromatic rings. The van der Waals surface area contributed by atoms with Crippen LogP contribution in [0.25, 0.3) is 0 Å². The molecule has 0 spiro atoms. The van der Waals surface area contributed by atoms with Crippen LogP contribution in [-0.4, -0.2) is 50.0 Å². The fourth-order valence-corrected chi connectivity index (χ4v) is 5.11. The molecule has 1 fully saturated rings. The number of anilines is 1. The van der Waals surface area contributed by atoms with Gasteiger partial charge in [0.1, 0.15) is 0 Å². The summed E-state index contributed by atoms with van der Waals surface area (Å²) in [5.41, 5.74) is 6.55. The number of ether oxygens (including phenoxy) is 1. The van der Waals surface area contributed by atoms with Crippen molar-refractivity contribution in [2.45, 2.75) is 24.3 Å². The number of rotatable bonds is 5. The molecule has 0 bridgehead atoms. The first-order chi connectivity index (χ1) is 9.99. The zero-order valence-corrected chi connectivity index (χ0v) is 13.8. The molecule has 1 heterocycles. The third-order valence-electron chi connectivity index (χ3n) is 3.33. The summed E-state index contributed by atoms with van der Waals surface area (Å²) in [6.07, 6.45) is 0.710. The van der Waals surface area contributed by atoms with Crippen molar-refractivity contribution in [1.82, 2.24) is 4.31 Å². The lowest BCUT2D eigenvalue weighted by Crippen LogP contribution is -2.37. The molecule has 2 rings (SSSR count). The lowest BCUT2D eigenvalue weighted by atomic mass is 10.3. The van der Waals surface area contributed by atoms with Crippen LogP contribution >= 0.6 is 11.8 Å². The SMILES string of the molecule is CC1CN(S(=O)(=O)CCSc2ccccc2N)CCCO1. The van der Waals surface area contributed by atoms with Gasteiger partial charge in [0.25, 0.3) is 0 Å². The number of hydrogen-bond acceptors (Lipinski definition) is 5. The van der Waals surface area contributed by atoms with Crippen LogP contribution in [0.4, 0.5) is 5.69 Å². The number of nitrogens with two attached hydrogens (primary N) is 1. The van der Waals surface area contributed by atoms with Crippen LogP contribution in [0.15, 0.2) is 29.2 Å². The van der Waals surface area contributed by atoms with Gasteiger partial charge in [-0.25, -0.2) is 8.42 Å². The third kappa shape index (κ3) is 4.88. The van der Waals surface area contributed by atoms with Gasteiger partial charge in [0.2, 0.25) is 10.0 Å². The maximum absolute atomic E-state index is 12.4. The molecule has 1 aliphatic rings. The van der Waals surface area contributed by atoms with Gasteiger partial charge in [-0.15, -0.1) is 11.8 Å². The summed E-state index contributed by atoms with van der Waals surface area (Å²) in [6.45, 7) is 3.53. The Kier molecular flexibility index (Phi) is 5.92. The molecule has 21 heavy (non-hydrogen) atoms. The normalized spacial score (nSPS) is 21.1. The molecule has 1 aliphatic heterocycles. The molecule has 0 amide bonds. The van der Waals surface area contributed by atoms with Gasteiger partial charge >= 0.3 is 0 Å². The summed E-state index contributed by atoms with van der Waals surface area (Å²) in [5, 5.41) is 0. The highest BCUT2D eigenvalue weighted by Gasteiger charge is 2.25. The molecule has 1 atom stereocenters. The summed E-state index contributed by atoms with van der Waals surface area (Å²) in [7, 11) is -3.23. The fraction of sp³-hybridized carbons (Fsp3) is 0.571. The Labute approximate surface area is 130 Å². The minimum Gasteiger partial charge on any atom is -0.398 e. The van der Waals surface area contributed by atoms with Crippen LogP contribution in [0.2, 0.25) is 0 Å². The minimum absolute atomic E-state index is 0.0419. The maximum atomic E-state index is 12.4. The minimum atomic E-state index is -3.23. The van der Waals surface area contributed by atoms with Gasteiger partial charge in [0.15, 0.2) is 0 Å². The predicted molar refractivity (Wildman–Crippen MR) is 87.0 cm³/mol. The first kappa shape index (κ1) is 16.6. The lowest BCUT2D eigenvalue weighted by Gasteiger charge is -2.21. The zero-order valence-electron chi connectivity index (χ0n) is 12.2. The average Bonchev–Trinajstić information content (AvgIpc) is 2.66. The van der Waals surface area contributed by atoms with E-state index in [-0.39, 0.29) is 11.9 Å². The highest BCUT2D eigenvalue weighted by molar-refractivity contribution is 8.00. The van der Waals surface area contributed by atoms with E-state index in [9.17, 15) is 8.42 Å². The predicted octanol–water partition coefficient (Wildman–Crippen LogP) is 1.80. The van der Waals surface area contributed by atoms with Crippen LogP contribution in [0.1, 0.15) is 13.3 Å². The third-order valence-corrected chi connectivity index (χ3v) is 6.51. The standard InChI is InChI=1S/C14H22N2O3S2/c1-12-11-16(7-4-8-19-12)21(17,18)10-9-20-14-6-3-2-5-13(14)15/h2-3,5-6,12H,4,7-11,15H2,1H3. The van der Waals surface area contributed by atoms with Gasteiger partial charge < -0.3 is 10.5 Å². The van der Waals surface area contributed by atoms with Crippen molar-refractivity contribution >= 4 is 27.5 Å². The van der Waals surface area contributed by atoms with E-state index in [1.54, 1.807) is 4.31 Å². The number of para-hydroxylation sites is 1. The molecule has 7 heteroatoms. The van der Waals surface area contributed by atoms with Crippen molar-refractivity contribution in [1.29, 1.82) is 0 Å². The van der Waals surface area contributed by atoms with Gasteiger partial charge in [-0.2, -0.15) is 4.31 Å². The Hall–Kier alpha value is -0.760. The van der Waals surface area contributed by atoms with E-state index in [4.69, 9.17) is 10.5 Å². The Bertz CT molecular complexity index is 563. The quantitative estimate of drug-likeness (QED) is 0.658. The summed E-state index contributed by atoms with van der Waals surface area (Å²) in [5.74, 6) is 0.626. The maximum Gasteiger partial charge on any atom is 0.215 e. The number of benzene rings is 1. The summed E-state index contributed by atoms with van der Waals surface area (Å²) in [4.78, 5) is 0.931. The van der Waals surface area contributed by atoms with Gasteiger partial charge in [0, 0.05) is 36.0 Å². The Balaban J connectivity index is 1.90. The highest BCUT2D eigenvalue weighted by atomic mass is 32.2. The number of hydrogen-bond donors (Lipinski definition) is 1. The van der Waals surface area contributed by atoms with Crippen LogP contribution < -0.4 is 5.73 Å². The van der Waals surface area contributed by atoms with E-state index < -0.39 is 10.0 Å². The van der Waals surface area contributed by atoms with E-state index in [1.807, 2.05) is 31.2 Å². The van der Waals surface area contributed by atoms with E-state index in [1.165, 1.54) is 11.8 Å². The number of nitrogens with zero attached hydrogens (tertiary/aromatic N) is 1. The molecule has 1 aromatic carbocycles. The number of nitrogen functional groups attached to an aromatic ring is 1. The second-order valence-electron chi connectivity index (χ2n) is 5.10. The molecule has 118 valence electrons. The molecular formula is C14H22N2O3S2. The summed E-state index contributed by atoms with van der Waals surface area (Å²) in [6, 6.07) is 7.51. The zero-order chi connectivity index (χ0) is 15.3. The first-order valence-corrected chi connectivity index (χ1v) is 9.65. The smallest absolute Gasteiger partial charge is 0.215 e. The Morgan fingerprint density at radius 2 is 2.19 bits per heavy atom. The van der Waals surface area contributed by atoms with Crippen LogP contribution in [0, 0.1) is 0 Å². The fourth-order valence-electron chi connectivity index (χ4n) is 2.21. The second-order valence-corrected chi connectivity index (χ2v) is 8.32. The molecule has 0 aromatic heterocycles. The van der Waals surface area contributed by atoms with Gasteiger partial charge in [-0.3, -0.25) is 0 Å². The first-order valence-electron chi connectivity index (χ1n) is 7.06. The van der Waals surface area contributed by atoms with Crippen molar-refractivity contribution in [2.24, 2.45) is 0 Å². The van der Waals surface area contributed by atoms with E-state index >= 15 is 0 Å². The topological polar surface area (TPSA) is 72.6 Å². The number of sulfonamides is 1. The molecular weight excluding hydrogens is 308 g/mol. The van der Waals surface area contributed by atoms with E-state index in [0.29, 0.717) is 31.1 Å². The van der Waals surface area contributed by atoms with Crippen molar-refractivity contribution in [3.05, 3.63) is 24.3 Å². The highest BCUT2D eigenvalue weighted by Crippen LogP contribution is 2.24. The summed E-state index contributed by atoms with van der Waals surface area (Å²) >= 11 is 1.48. The van der Waals surface area contributed by atoms with Crippen LogP contribution in [-0.2, 0) is 14.8 Å². The van der Waals surface area contributed by atoms with Crippen molar-refractivity contribution in [3.63, 3.8) is 0 Å². The van der Waals surface area contributed by atoms with Gasteiger partial charge in [-0.1, -0.05) is 12.1 Å². The summed E-state index contributed by atoms with van der Waals surface area (Å²) < 4.78 is 31.8. The molecule has 5 nitrogen and oxygen atoms in total. The molecule has 2 N–H and O–H groups in total. The Morgan fingerprint density at radius 3 is 2.95 bits per heavy atom. The molecule has 0 saturated carbocycles. The monoisotopic (exact) mass is 330 g/mol. The van der Waals surface area contributed by atoms with Crippen molar-refractivity contribution in [2.75, 3.05) is 36.9 Å².